The van der Waals surface area contributed by atoms with Crippen LogP contribution in [0.2, 0.25) is 5.02 Å². The summed E-state index contributed by atoms with van der Waals surface area (Å²) in [6, 6.07) is 2.39. The molecule has 0 radical (unpaired) electrons. The van der Waals surface area contributed by atoms with E-state index in [9.17, 15) is 14.3 Å². The van der Waals surface area contributed by atoms with Crippen LogP contribution >= 0.6 is 11.6 Å². The van der Waals surface area contributed by atoms with Crippen molar-refractivity contribution in [1.29, 1.82) is 0 Å². The normalized spacial score (nSPS) is 17.7. The van der Waals surface area contributed by atoms with Gasteiger partial charge in [-0.05, 0) is 18.9 Å². The maximum atomic E-state index is 13.3. The first-order valence-electron chi connectivity index (χ1n) is 6.48. The fourth-order valence-electron chi connectivity index (χ4n) is 2.89. The van der Waals surface area contributed by atoms with Crippen molar-refractivity contribution in [2.75, 3.05) is 0 Å². The van der Waals surface area contributed by atoms with E-state index in [2.05, 4.69) is 4.98 Å². The maximum absolute atomic E-state index is 13.3. The number of nitrogens with zero attached hydrogens (tertiary/aromatic N) is 1. The van der Waals surface area contributed by atoms with Crippen molar-refractivity contribution in [3.05, 3.63) is 28.9 Å². The summed E-state index contributed by atoms with van der Waals surface area (Å²) >= 11 is 5.90. The van der Waals surface area contributed by atoms with Crippen LogP contribution in [0.5, 0.6) is 0 Å². The third kappa shape index (κ3) is 2.16. The van der Waals surface area contributed by atoms with Crippen molar-refractivity contribution in [2.24, 2.45) is 5.41 Å². The van der Waals surface area contributed by atoms with Crippen molar-refractivity contribution < 1.29 is 18.7 Å². The fourth-order valence-corrected chi connectivity index (χ4v) is 3.13. The van der Waals surface area contributed by atoms with Crippen LogP contribution in [-0.4, -0.2) is 16.1 Å². The number of aromatic nitrogens is 1. The number of carbonyl (C=O) groups is 1. The zero-order valence-electron chi connectivity index (χ0n) is 10.7. The maximum Gasteiger partial charge on any atom is 0.310 e. The van der Waals surface area contributed by atoms with Crippen molar-refractivity contribution >= 4 is 28.7 Å². The molecule has 106 valence electrons. The van der Waals surface area contributed by atoms with Gasteiger partial charge in [-0.25, -0.2) is 9.37 Å². The molecule has 0 aliphatic heterocycles. The first-order valence-corrected chi connectivity index (χ1v) is 6.86. The van der Waals surface area contributed by atoms with Crippen LogP contribution < -0.4 is 0 Å². The molecular formula is C14H13ClFNO3. The number of aliphatic carboxylic acids is 1. The summed E-state index contributed by atoms with van der Waals surface area (Å²) in [6.45, 7) is 0. The highest BCUT2D eigenvalue weighted by Gasteiger charge is 2.42. The summed E-state index contributed by atoms with van der Waals surface area (Å²) in [5.41, 5.74) is -0.184. The molecule has 0 saturated heterocycles. The van der Waals surface area contributed by atoms with Gasteiger partial charge in [0.1, 0.15) is 11.3 Å². The second-order valence-corrected chi connectivity index (χ2v) is 5.72. The smallest absolute Gasteiger partial charge is 0.310 e. The van der Waals surface area contributed by atoms with Gasteiger partial charge in [0.2, 0.25) is 0 Å². The third-order valence-electron chi connectivity index (χ3n) is 3.96. The molecule has 1 aliphatic carbocycles. The lowest BCUT2D eigenvalue weighted by molar-refractivity contribution is -0.148. The highest BCUT2D eigenvalue weighted by Crippen LogP contribution is 2.41. The topological polar surface area (TPSA) is 63.3 Å². The fraction of sp³-hybridized carbons (Fsp3) is 0.429. The van der Waals surface area contributed by atoms with E-state index in [0.29, 0.717) is 29.8 Å². The Morgan fingerprint density at radius 1 is 1.45 bits per heavy atom. The molecule has 0 spiro atoms. The molecule has 1 saturated carbocycles. The van der Waals surface area contributed by atoms with Gasteiger partial charge in [-0.3, -0.25) is 4.79 Å². The second kappa shape index (κ2) is 4.74. The predicted molar refractivity (Wildman–Crippen MR) is 71.2 cm³/mol. The summed E-state index contributed by atoms with van der Waals surface area (Å²) in [4.78, 5) is 15.7. The minimum absolute atomic E-state index is 0.148. The van der Waals surface area contributed by atoms with Crippen molar-refractivity contribution in [3.8, 4) is 0 Å². The molecule has 2 aromatic rings. The summed E-state index contributed by atoms with van der Waals surface area (Å²) in [5, 5.41) is 9.59. The Hall–Kier alpha value is -1.62. The van der Waals surface area contributed by atoms with E-state index >= 15 is 0 Å². The number of benzene rings is 1. The van der Waals surface area contributed by atoms with Crippen LogP contribution in [0.25, 0.3) is 11.1 Å². The van der Waals surface area contributed by atoms with Crippen LogP contribution in [0.4, 0.5) is 4.39 Å². The molecule has 1 aromatic heterocycles. The van der Waals surface area contributed by atoms with Crippen LogP contribution in [-0.2, 0) is 11.2 Å². The lowest BCUT2D eigenvalue weighted by Crippen LogP contribution is -2.30. The van der Waals surface area contributed by atoms with Crippen LogP contribution in [0.15, 0.2) is 16.5 Å². The Morgan fingerprint density at radius 2 is 2.15 bits per heavy atom. The summed E-state index contributed by atoms with van der Waals surface area (Å²) in [5.74, 6) is -1.01. The van der Waals surface area contributed by atoms with E-state index in [1.165, 1.54) is 6.07 Å². The Balaban J connectivity index is 1.98. The highest BCUT2D eigenvalue weighted by molar-refractivity contribution is 6.34. The molecule has 1 N–H and O–H groups in total. The average molecular weight is 298 g/mol. The number of halogens is 2. The van der Waals surface area contributed by atoms with Gasteiger partial charge in [0.15, 0.2) is 11.5 Å². The first-order chi connectivity index (χ1) is 9.50. The van der Waals surface area contributed by atoms with Gasteiger partial charge in [0.05, 0.1) is 10.4 Å². The molecule has 0 amide bonds. The second-order valence-electron chi connectivity index (χ2n) is 5.31. The van der Waals surface area contributed by atoms with Crippen LogP contribution in [0, 0.1) is 11.2 Å². The van der Waals surface area contributed by atoms with Gasteiger partial charge in [-0.2, -0.15) is 0 Å². The zero-order chi connectivity index (χ0) is 14.3. The van der Waals surface area contributed by atoms with Gasteiger partial charge >= 0.3 is 5.97 Å². The summed E-state index contributed by atoms with van der Waals surface area (Å²) in [6.07, 6.45) is 3.23. The van der Waals surface area contributed by atoms with Gasteiger partial charge in [0.25, 0.3) is 0 Å². The quantitative estimate of drug-likeness (QED) is 0.935. The number of carboxylic acids is 1. The lowest BCUT2D eigenvalue weighted by atomic mass is 9.83. The SMILES string of the molecule is O=C(O)C1(Cc2nc3cc(F)cc(Cl)c3o2)CCCC1. The summed E-state index contributed by atoms with van der Waals surface area (Å²) in [7, 11) is 0. The van der Waals surface area contributed by atoms with Crippen molar-refractivity contribution in [1.82, 2.24) is 4.98 Å². The average Bonchev–Trinajstić information content (AvgIpc) is 2.97. The number of fused-ring (bicyclic) bond motifs is 1. The van der Waals surface area contributed by atoms with E-state index in [1.54, 1.807) is 0 Å². The van der Waals surface area contributed by atoms with Gasteiger partial charge < -0.3 is 9.52 Å². The van der Waals surface area contributed by atoms with E-state index in [4.69, 9.17) is 16.0 Å². The Bertz CT molecular complexity index is 676. The number of rotatable bonds is 3. The number of oxazole rings is 1. The Labute approximate surface area is 119 Å². The molecule has 20 heavy (non-hydrogen) atoms. The molecular weight excluding hydrogens is 285 g/mol. The van der Waals surface area contributed by atoms with Crippen molar-refractivity contribution in [3.63, 3.8) is 0 Å². The van der Waals surface area contributed by atoms with E-state index in [0.717, 1.165) is 18.9 Å². The minimum Gasteiger partial charge on any atom is -0.481 e. The van der Waals surface area contributed by atoms with Gasteiger partial charge in [0, 0.05) is 12.5 Å². The molecule has 6 heteroatoms. The molecule has 1 aromatic carbocycles. The van der Waals surface area contributed by atoms with E-state index < -0.39 is 17.2 Å². The molecule has 1 aliphatic rings. The lowest BCUT2D eigenvalue weighted by Gasteiger charge is -2.21. The molecule has 1 fully saturated rings. The van der Waals surface area contributed by atoms with E-state index in [1.807, 2.05) is 0 Å². The number of carboxylic acid groups (broad SMARTS) is 1. The standard InChI is InChI=1S/C14H13ClFNO3/c15-9-5-8(16)6-10-12(9)20-11(17-10)7-14(13(18)19)3-1-2-4-14/h5-6H,1-4,7H2,(H,18,19). The molecule has 0 atom stereocenters. The molecule has 3 rings (SSSR count). The van der Waals surface area contributed by atoms with E-state index in [-0.39, 0.29) is 11.4 Å². The molecule has 4 nitrogen and oxygen atoms in total. The molecule has 1 heterocycles. The monoisotopic (exact) mass is 297 g/mol. The molecule has 0 bridgehead atoms. The number of hydrogen-bond acceptors (Lipinski definition) is 3. The van der Waals surface area contributed by atoms with Gasteiger partial charge in [-0.1, -0.05) is 24.4 Å². The third-order valence-corrected chi connectivity index (χ3v) is 4.24. The van der Waals surface area contributed by atoms with Crippen molar-refractivity contribution in [2.45, 2.75) is 32.1 Å². The highest BCUT2D eigenvalue weighted by atomic mass is 35.5. The first kappa shape index (κ1) is 13.4. The van der Waals surface area contributed by atoms with Crippen LogP contribution in [0.1, 0.15) is 31.6 Å². The zero-order valence-corrected chi connectivity index (χ0v) is 11.4. The minimum atomic E-state index is -0.825. The summed E-state index contributed by atoms with van der Waals surface area (Å²) < 4.78 is 18.8. The molecule has 0 unspecified atom stereocenters. The Kier molecular flexibility index (Phi) is 3.17. The van der Waals surface area contributed by atoms with Crippen LogP contribution in [0.3, 0.4) is 0 Å². The predicted octanol–water partition coefficient (Wildman–Crippen LogP) is 3.81. The number of hydrogen-bond donors (Lipinski definition) is 1. The Morgan fingerprint density at radius 3 is 2.80 bits per heavy atom. The largest absolute Gasteiger partial charge is 0.481 e. The van der Waals surface area contributed by atoms with Gasteiger partial charge in [-0.15, -0.1) is 0 Å².